The van der Waals surface area contributed by atoms with Gasteiger partial charge in [-0.25, -0.2) is 8.78 Å². The third-order valence-electron chi connectivity index (χ3n) is 5.29. The number of carbonyl (C=O) groups excluding carboxylic acids is 1. The first kappa shape index (κ1) is 22.1. The van der Waals surface area contributed by atoms with Gasteiger partial charge in [0.15, 0.2) is 17.3 Å². The van der Waals surface area contributed by atoms with Crippen LogP contribution in [-0.4, -0.2) is 31.7 Å². The van der Waals surface area contributed by atoms with Gasteiger partial charge in [0.25, 0.3) is 0 Å². The van der Waals surface area contributed by atoms with E-state index in [9.17, 15) is 13.6 Å². The zero-order chi connectivity index (χ0) is 23.5. The van der Waals surface area contributed by atoms with Crippen molar-refractivity contribution in [1.29, 1.82) is 0 Å². The van der Waals surface area contributed by atoms with E-state index in [-0.39, 0.29) is 28.3 Å². The van der Waals surface area contributed by atoms with Gasteiger partial charge in [-0.1, -0.05) is 18.2 Å². The molecule has 0 amide bonds. The van der Waals surface area contributed by atoms with Crippen LogP contribution in [0.4, 0.5) is 8.78 Å². The Bertz CT molecular complexity index is 1290. The van der Waals surface area contributed by atoms with Gasteiger partial charge in [-0.2, -0.15) is 0 Å². The highest BCUT2D eigenvalue weighted by Gasteiger charge is 2.23. The van der Waals surface area contributed by atoms with Gasteiger partial charge in [-0.15, -0.1) is 0 Å². The normalized spacial score (nSPS) is 10.7. The molecule has 0 bridgehead atoms. The van der Waals surface area contributed by atoms with Crippen LogP contribution in [0, 0.1) is 11.6 Å². The molecule has 0 N–H and O–H groups in total. The first-order valence-electron chi connectivity index (χ1n) is 10.0. The molecule has 4 rings (SSSR count). The Morgan fingerprint density at radius 3 is 2.00 bits per heavy atom. The molecule has 0 aliphatic rings. The largest absolute Gasteiger partial charge is 0.493 e. The quantitative estimate of drug-likeness (QED) is 0.341. The summed E-state index contributed by atoms with van der Waals surface area (Å²) in [5.74, 6) is -0.207. The molecule has 1 heterocycles. The first-order chi connectivity index (χ1) is 16.0. The zero-order valence-corrected chi connectivity index (χ0v) is 18.3. The number of benzene rings is 3. The van der Waals surface area contributed by atoms with Gasteiger partial charge in [0.1, 0.15) is 11.6 Å². The van der Waals surface area contributed by atoms with Crippen LogP contribution in [-0.2, 0) is 0 Å². The van der Waals surface area contributed by atoms with E-state index < -0.39 is 5.82 Å². The number of ether oxygens (including phenoxy) is 3. The van der Waals surface area contributed by atoms with Crippen molar-refractivity contribution in [3.8, 4) is 34.1 Å². The summed E-state index contributed by atoms with van der Waals surface area (Å²) in [6.07, 6.45) is 3.25. The Morgan fingerprint density at radius 1 is 0.788 bits per heavy atom. The Hall–Kier alpha value is -4.13. The molecule has 4 aromatic rings. The number of methoxy groups -OCH3 is 3. The van der Waals surface area contributed by atoms with Crippen LogP contribution in [0.5, 0.6) is 17.2 Å². The number of rotatable bonds is 7. The van der Waals surface area contributed by atoms with Crippen molar-refractivity contribution in [3.63, 3.8) is 0 Å². The molecule has 7 heteroatoms. The predicted octanol–water partition coefficient (Wildman–Crippen LogP) is 5.68. The van der Waals surface area contributed by atoms with Gasteiger partial charge >= 0.3 is 0 Å². The lowest BCUT2D eigenvalue weighted by atomic mass is 9.97. The molecular formula is C26H21F2NO4. The molecule has 0 atom stereocenters. The predicted molar refractivity (Wildman–Crippen MR) is 121 cm³/mol. The van der Waals surface area contributed by atoms with Crippen LogP contribution in [0.3, 0.4) is 0 Å². The molecule has 0 fully saturated rings. The smallest absolute Gasteiger partial charge is 0.203 e. The van der Waals surface area contributed by atoms with Crippen LogP contribution in [0.25, 0.3) is 16.8 Å². The molecule has 1 aromatic heterocycles. The SMILES string of the molecule is COc1cc(C(=O)c2cn(-c3ccc(F)cc3)cc2-c2ccccc2F)cc(OC)c1OC. The summed E-state index contributed by atoms with van der Waals surface area (Å²) >= 11 is 0. The molecule has 0 spiro atoms. The highest BCUT2D eigenvalue weighted by molar-refractivity contribution is 6.13. The van der Waals surface area contributed by atoms with E-state index >= 15 is 0 Å². The fraction of sp³-hybridized carbons (Fsp3) is 0.115. The second-order valence-electron chi connectivity index (χ2n) is 7.19. The summed E-state index contributed by atoms with van der Waals surface area (Å²) in [5.41, 5.74) is 1.83. The molecule has 3 aromatic carbocycles. The van der Waals surface area contributed by atoms with Crippen molar-refractivity contribution in [3.05, 3.63) is 95.8 Å². The average Bonchev–Trinajstić information content (AvgIpc) is 3.28. The maximum atomic E-state index is 14.7. The van der Waals surface area contributed by atoms with Gasteiger partial charge in [0.2, 0.25) is 5.75 Å². The van der Waals surface area contributed by atoms with Crippen LogP contribution >= 0.6 is 0 Å². The van der Waals surface area contributed by atoms with Gasteiger partial charge in [0, 0.05) is 40.3 Å². The molecule has 5 nitrogen and oxygen atoms in total. The molecule has 0 unspecified atom stereocenters. The molecular weight excluding hydrogens is 428 g/mol. The Labute approximate surface area is 189 Å². The highest BCUT2D eigenvalue weighted by atomic mass is 19.1. The third-order valence-corrected chi connectivity index (χ3v) is 5.29. The van der Waals surface area contributed by atoms with Crippen LogP contribution in [0.2, 0.25) is 0 Å². The standard InChI is InChI=1S/C26H21F2NO4/c1-31-23-12-16(13-24(32-2)26(23)33-3)25(30)21-15-29(18-10-8-17(27)9-11-18)14-20(21)19-6-4-5-7-22(19)28/h4-15H,1-3H3. The fourth-order valence-corrected chi connectivity index (χ4v) is 3.66. The number of nitrogens with zero attached hydrogens (tertiary/aromatic N) is 1. The summed E-state index contributed by atoms with van der Waals surface area (Å²) in [6, 6.07) is 15.1. The molecule has 0 radical (unpaired) electrons. The fourth-order valence-electron chi connectivity index (χ4n) is 3.66. The number of hydrogen-bond acceptors (Lipinski definition) is 4. The summed E-state index contributed by atoms with van der Waals surface area (Å²) in [4.78, 5) is 13.6. The van der Waals surface area contributed by atoms with Gasteiger partial charge in [0.05, 0.1) is 21.3 Å². The van der Waals surface area contributed by atoms with E-state index in [1.165, 1.54) is 39.5 Å². The lowest BCUT2D eigenvalue weighted by Crippen LogP contribution is -2.05. The van der Waals surface area contributed by atoms with Gasteiger partial charge in [-0.05, 0) is 42.5 Å². The Balaban J connectivity index is 1.90. The maximum absolute atomic E-state index is 14.7. The summed E-state index contributed by atoms with van der Waals surface area (Å²) in [6.45, 7) is 0. The van der Waals surface area contributed by atoms with E-state index in [4.69, 9.17) is 14.2 Å². The van der Waals surface area contributed by atoms with Crippen LogP contribution in [0.15, 0.2) is 73.1 Å². The number of halogens is 2. The number of aromatic nitrogens is 1. The van der Waals surface area contributed by atoms with E-state index in [1.807, 2.05) is 0 Å². The minimum atomic E-state index is -0.465. The van der Waals surface area contributed by atoms with E-state index in [0.717, 1.165) is 0 Å². The van der Waals surface area contributed by atoms with Crippen molar-refractivity contribution >= 4 is 5.78 Å². The van der Waals surface area contributed by atoms with Crippen molar-refractivity contribution in [2.45, 2.75) is 0 Å². The van der Waals surface area contributed by atoms with Gasteiger partial charge < -0.3 is 18.8 Å². The van der Waals surface area contributed by atoms with Crippen molar-refractivity contribution < 1.29 is 27.8 Å². The second kappa shape index (κ2) is 9.16. The monoisotopic (exact) mass is 449 g/mol. The minimum absolute atomic E-state index is 0.263. The van der Waals surface area contributed by atoms with Crippen molar-refractivity contribution in [1.82, 2.24) is 4.57 Å². The number of ketones is 1. The minimum Gasteiger partial charge on any atom is -0.493 e. The maximum Gasteiger partial charge on any atom is 0.203 e. The number of hydrogen-bond donors (Lipinski definition) is 0. The molecule has 0 saturated carbocycles. The molecule has 0 aliphatic heterocycles. The van der Waals surface area contributed by atoms with Crippen molar-refractivity contribution in [2.24, 2.45) is 0 Å². The summed E-state index contributed by atoms with van der Waals surface area (Å²) < 4.78 is 45.8. The molecule has 0 saturated heterocycles. The second-order valence-corrected chi connectivity index (χ2v) is 7.19. The van der Waals surface area contributed by atoms with E-state index in [0.29, 0.717) is 28.5 Å². The van der Waals surface area contributed by atoms with Gasteiger partial charge in [-0.3, -0.25) is 4.79 Å². The topological polar surface area (TPSA) is 49.7 Å². The third kappa shape index (κ3) is 4.17. The number of carbonyl (C=O) groups is 1. The molecule has 33 heavy (non-hydrogen) atoms. The zero-order valence-electron chi connectivity index (χ0n) is 18.3. The molecule has 0 aliphatic carbocycles. The van der Waals surface area contributed by atoms with Crippen molar-refractivity contribution in [2.75, 3.05) is 21.3 Å². The average molecular weight is 449 g/mol. The van der Waals surface area contributed by atoms with E-state index in [2.05, 4.69) is 0 Å². The van der Waals surface area contributed by atoms with Crippen LogP contribution < -0.4 is 14.2 Å². The van der Waals surface area contributed by atoms with Crippen LogP contribution in [0.1, 0.15) is 15.9 Å². The highest BCUT2D eigenvalue weighted by Crippen LogP contribution is 2.39. The van der Waals surface area contributed by atoms with E-state index in [1.54, 1.807) is 59.4 Å². The first-order valence-corrected chi connectivity index (χ1v) is 10.0. The Kier molecular flexibility index (Phi) is 6.13. The molecule has 168 valence electrons. The summed E-state index contributed by atoms with van der Waals surface area (Å²) in [5, 5.41) is 0. The lowest BCUT2D eigenvalue weighted by molar-refractivity contribution is 0.103. The Morgan fingerprint density at radius 2 is 1.42 bits per heavy atom. The lowest BCUT2D eigenvalue weighted by Gasteiger charge is -2.14. The summed E-state index contributed by atoms with van der Waals surface area (Å²) in [7, 11) is 4.39.